The van der Waals surface area contributed by atoms with Gasteiger partial charge in [-0.1, -0.05) is 23.2 Å². The van der Waals surface area contributed by atoms with Crippen LogP contribution in [0.4, 0.5) is 0 Å². The summed E-state index contributed by atoms with van der Waals surface area (Å²) in [5.41, 5.74) is 5.77. The molecule has 1 fully saturated rings. The van der Waals surface area contributed by atoms with Gasteiger partial charge in [-0.3, -0.25) is 4.79 Å². The molecule has 1 amide bonds. The van der Waals surface area contributed by atoms with Crippen LogP contribution < -0.4 is 5.73 Å². The van der Waals surface area contributed by atoms with Crippen molar-refractivity contribution >= 4 is 53.3 Å². The molecule has 0 saturated carbocycles. The summed E-state index contributed by atoms with van der Waals surface area (Å²) < 4.78 is 0. The summed E-state index contributed by atoms with van der Waals surface area (Å²) in [5.74, 6) is 0.469. The van der Waals surface area contributed by atoms with Gasteiger partial charge >= 0.3 is 0 Å². The molecule has 1 heterocycles. The molecule has 1 aromatic rings. The molecular formula is C12H15Cl3N2OS. The van der Waals surface area contributed by atoms with E-state index in [-0.39, 0.29) is 24.4 Å². The predicted octanol–water partition coefficient (Wildman–Crippen LogP) is 3.07. The molecule has 0 bridgehead atoms. The second-order valence-electron chi connectivity index (χ2n) is 4.25. The fourth-order valence-corrected chi connectivity index (χ4v) is 3.23. The smallest absolute Gasteiger partial charge is 0.232 e. The Hall–Kier alpha value is -0.130. The number of nitrogens with zero attached hydrogens (tertiary/aromatic N) is 1. The largest absolute Gasteiger partial charge is 0.340 e. The van der Waals surface area contributed by atoms with Crippen molar-refractivity contribution in [3.05, 3.63) is 28.2 Å². The van der Waals surface area contributed by atoms with E-state index in [0.29, 0.717) is 22.3 Å². The van der Waals surface area contributed by atoms with Crippen LogP contribution in [0.25, 0.3) is 0 Å². The fraction of sp³-hybridized carbons (Fsp3) is 0.417. The van der Waals surface area contributed by atoms with E-state index in [1.165, 1.54) is 11.8 Å². The van der Waals surface area contributed by atoms with Crippen molar-refractivity contribution in [2.24, 2.45) is 5.73 Å². The average molecular weight is 342 g/mol. The van der Waals surface area contributed by atoms with Crippen LogP contribution in [-0.2, 0) is 4.79 Å². The predicted molar refractivity (Wildman–Crippen MR) is 83.6 cm³/mol. The number of benzene rings is 1. The lowest BCUT2D eigenvalue weighted by Crippen LogP contribution is -2.33. The number of halogens is 3. The van der Waals surface area contributed by atoms with Crippen molar-refractivity contribution in [2.45, 2.75) is 17.4 Å². The van der Waals surface area contributed by atoms with E-state index < -0.39 is 0 Å². The maximum Gasteiger partial charge on any atom is 0.232 e. The number of carbonyl (C=O) groups is 1. The van der Waals surface area contributed by atoms with E-state index in [9.17, 15) is 4.79 Å². The average Bonchev–Trinajstić information content (AvgIpc) is 2.77. The quantitative estimate of drug-likeness (QED) is 0.860. The number of nitrogens with two attached hydrogens (primary N) is 1. The molecule has 7 heteroatoms. The number of hydrogen-bond acceptors (Lipinski definition) is 3. The number of thioether (sulfide) groups is 1. The molecule has 2 rings (SSSR count). The first-order valence-electron chi connectivity index (χ1n) is 5.67. The second-order valence-corrected chi connectivity index (χ2v) is 6.11. The molecule has 2 N–H and O–H groups in total. The molecule has 1 aliphatic rings. The van der Waals surface area contributed by atoms with Gasteiger partial charge in [-0.2, -0.15) is 0 Å². The van der Waals surface area contributed by atoms with E-state index in [1.807, 2.05) is 0 Å². The number of carbonyl (C=O) groups excluding carboxylic acids is 1. The van der Waals surface area contributed by atoms with E-state index >= 15 is 0 Å². The third-order valence-corrected chi connectivity index (χ3v) is 4.54. The van der Waals surface area contributed by atoms with Gasteiger partial charge in [0.25, 0.3) is 0 Å². The summed E-state index contributed by atoms with van der Waals surface area (Å²) >= 11 is 13.3. The Morgan fingerprint density at radius 1 is 1.47 bits per heavy atom. The molecule has 1 aromatic carbocycles. The van der Waals surface area contributed by atoms with Gasteiger partial charge < -0.3 is 10.6 Å². The Morgan fingerprint density at radius 2 is 2.21 bits per heavy atom. The Kier molecular flexibility index (Phi) is 6.77. The lowest BCUT2D eigenvalue weighted by Gasteiger charge is -2.15. The minimum Gasteiger partial charge on any atom is -0.340 e. The SMILES string of the molecule is Cl.N[C@@H]1CCN(C(=O)CSc2cc(Cl)ccc2Cl)C1. The number of rotatable bonds is 3. The van der Waals surface area contributed by atoms with Gasteiger partial charge in [-0.15, -0.1) is 24.2 Å². The van der Waals surface area contributed by atoms with E-state index in [1.54, 1.807) is 23.1 Å². The van der Waals surface area contributed by atoms with Crippen LogP contribution >= 0.6 is 47.4 Å². The van der Waals surface area contributed by atoms with Crippen LogP contribution in [0.1, 0.15) is 6.42 Å². The lowest BCUT2D eigenvalue weighted by atomic mass is 10.3. The van der Waals surface area contributed by atoms with E-state index in [4.69, 9.17) is 28.9 Å². The molecule has 1 aliphatic heterocycles. The maximum atomic E-state index is 11.9. The fourth-order valence-electron chi connectivity index (χ4n) is 1.83. The van der Waals surface area contributed by atoms with Crippen LogP contribution in [-0.4, -0.2) is 35.7 Å². The van der Waals surface area contributed by atoms with Gasteiger partial charge in [0.05, 0.1) is 10.8 Å². The Morgan fingerprint density at radius 3 is 2.84 bits per heavy atom. The van der Waals surface area contributed by atoms with Crippen LogP contribution in [0.5, 0.6) is 0 Å². The van der Waals surface area contributed by atoms with Crippen LogP contribution in [0.2, 0.25) is 10.0 Å². The molecule has 1 saturated heterocycles. The number of likely N-dealkylation sites (tertiary alicyclic amines) is 1. The summed E-state index contributed by atoms with van der Waals surface area (Å²) in [7, 11) is 0. The topological polar surface area (TPSA) is 46.3 Å². The van der Waals surface area contributed by atoms with E-state index in [2.05, 4.69) is 0 Å². The van der Waals surface area contributed by atoms with Gasteiger partial charge in [0.1, 0.15) is 0 Å². The summed E-state index contributed by atoms with van der Waals surface area (Å²) in [5, 5.41) is 1.24. The summed E-state index contributed by atoms with van der Waals surface area (Å²) in [4.78, 5) is 14.6. The maximum absolute atomic E-state index is 11.9. The Bertz CT molecular complexity index is 459. The minimum absolute atomic E-state index is 0. The van der Waals surface area contributed by atoms with Gasteiger partial charge in [-0.25, -0.2) is 0 Å². The summed E-state index contributed by atoms with van der Waals surface area (Å²) in [6, 6.07) is 5.36. The van der Waals surface area contributed by atoms with Gasteiger partial charge in [0.2, 0.25) is 5.91 Å². The highest BCUT2D eigenvalue weighted by molar-refractivity contribution is 8.00. The van der Waals surface area contributed by atoms with E-state index in [0.717, 1.165) is 17.9 Å². The summed E-state index contributed by atoms with van der Waals surface area (Å²) in [6.45, 7) is 1.41. The standard InChI is InChI=1S/C12H14Cl2N2OS.ClH/c13-8-1-2-10(14)11(5-8)18-7-12(17)16-4-3-9(15)6-16;/h1-2,5,9H,3-4,6-7,15H2;1H/t9-;/m1./s1. The molecule has 0 radical (unpaired) electrons. The monoisotopic (exact) mass is 340 g/mol. The Labute approximate surface area is 133 Å². The Balaban J connectivity index is 0.00000180. The molecule has 0 aliphatic carbocycles. The van der Waals surface area contributed by atoms with Gasteiger partial charge in [-0.05, 0) is 24.6 Å². The highest BCUT2D eigenvalue weighted by Crippen LogP contribution is 2.30. The van der Waals surface area contributed by atoms with Crippen LogP contribution in [0, 0.1) is 0 Å². The highest BCUT2D eigenvalue weighted by Gasteiger charge is 2.23. The zero-order chi connectivity index (χ0) is 13.1. The zero-order valence-corrected chi connectivity index (χ0v) is 13.3. The third kappa shape index (κ3) is 4.72. The first kappa shape index (κ1) is 16.9. The van der Waals surface area contributed by atoms with Crippen molar-refractivity contribution in [3.8, 4) is 0 Å². The lowest BCUT2D eigenvalue weighted by molar-refractivity contribution is -0.127. The van der Waals surface area contributed by atoms with Gasteiger partial charge in [0, 0.05) is 29.0 Å². The normalized spacial score (nSPS) is 18.3. The number of amides is 1. The molecular weight excluding hydrogens is 327 g/mol. The van der Waals surface area contributed by atoms with Crippen molar-refractivity contribution in [1.82, 2.24) is 4.90 Å². The molecule has 19 heavy (non-hydrogen) atoms. The molecule has 1 atom stereocenters. The van der Waals surface area contributed by atoms with Crippen molar-refractivity contribution in [1.29, 1.82) is 0 Å². The second kappa shape index (κ2) is 7.60. The molecule has 106 valence electrons. The zero-order valence-electron chi connectivity index (χ0n) is 10.1. The first-order chi connectivity index (χ1) is 8.56. The van der Waals surface area contributed by atoms with Gasteiger partial charge in [0.15, 0.2) is 0 Å². The minimum atomic E-state index is 0. The number of hydrogen-bond donors (Lipinski definition) is 1. The third-order valence-electron chi connectivity index (χ3n) is 2.82. The molecule has 0 unspecified atom stereocenters. The summed E-state index contributed by atoms with van der Waals surface area (Å²) in [6.07, 6.45) is 0.883. The first-order valence-corrected chi connectivity index (χ1v) is 7.41. The highest BCUT2D eigenvalue weighted by atomic mass is 35.5. The molecule has 0 aromatic heterocycles. The van der Waals surface area contributed by atoms with Crippen molar-refractivity contribution < 1.29 is 4.79 Å². The van der Waals surface area contributed by atoms with Crippen molar-refractivity contribution in [2.75, 3.05) is 18.8 Å². The molecule has 3 nitrogen and oxygen atoms in total. The van der Waals surface area contributed by atoms with Crippen molar-refractivity contribution in [3.63, 3.8) is 0 Å². The van der Waals surface area contributed by atoms with Crippen LogP contribution in [0.3, 0.4) is 0 Å². The molecule has 0 spiro atoms. The van der Waals surface area contributed by atoms with Crippen LogP contribution in [0.15, 0.2) is 23.1 Å².